The van der Waals surface area contributed by atoms with E-state index in [2.05, 4.69) is 15.9 Å². The molecule has 1 atom stereocenters. The van der Waals surface area contributed by atoms with Crippen LogP contribution in [0.15, 0.2) is 0 Å². The van der Waals surface area contributed by atoms with E-state index in [-0.39, 0.29) is 10.7 Å². The smallest absolute Gasteiger partial charge is 0.236 e. The average molecular weight is 234 g/mol. The number of amides is 1. The lowest BCUT2D eigenvalue weighted by molar-refractivity contribution is -0.129. The van der Waals surface area contributed by atoms with Crippen molar-refractivity contribution >= 4 is 21.8 Å². The van der Waals surface area contributed by atoms with Crippen molar-refractivity contribution in [3.63, 3.8) is 0 Å². The first kappa shape index (κ1) is 10.0. The van der Waals surface area contributed by atoms with Gasteiger partial charge in [0.2, 0.25) is 5.91 Å². The van der Waals surface area contributed by atoms with Gasteiger partial charge in [0, 0.05) is 13.6 Å². The number of nitrogens with zero attached hydrogens (tertiary/aromatic N) is 1. The van der Waals surface area contributed by atoms with Crippen molar-refractivity contribution < 1.29 is 4.79 Å². The number of rotatable bonds is 4. The zero-order valence-corrected chi connectivity index (χ0v) is 9.30. The summed E-state index contributed by atoms with van der Waals surface area (Å²) in [7, 11) is 1.89. The van der Waals surface area contributed by atoms with Gasteiger partial charge < -0.3 is 4.90 Å². The summed E-state index contributed by atoms with van der Waals surface area (Å²) >= 11 is 3.36. The lowest BCUT2D eigenvalue weighted by Gasteiger charge is -2.19. The fraction of sp³-hybridized carbons (Fsp3) is 0.889. The van der Waals surface area contributed by atoms with E-state index in [4.69, 9.17) is 0 Å². The van der Waals surface area contributed by atoms with Gasteiger partial charge in [-0.2, -0.15) is 0 Å². The summed E-state index contributed by atoms with van der Waals surface area (Å²) in [6.45, 7) is 2.96. The number of alkyl halides is 1. The van der Waals surface area contributed by atoms with E-state index in [0.717, 1.165) is 18.9 Å². The predicted molar refractivity (Wildman–Crippen MR) is 53.4 cm³/mol. The molecule has 12 heavy (non-hydrogen) atoms. The minimum Gasteiger partial charge on any atom is -0.345 e. The van der Waals surface area contributed by atoms with E-state index >= 15 is 0 Å². The van der Waals surface area contributed by atoms with E-state index < -0.39 is 0 Å². The molecule has 2 nitrogen and oxygen atoms in total. The minimum atomic E-state index is 0.0150. The van der Waals surface area contributed by atoms with Crippen LogP contribution < -0.4 is 0 Å². The zero-order valence-electron chi connectivity index (χ0n) is 7.72. The summed E-state index contributed by atoms with van der Waals surface area (Å²) in [4.78, 5) is 13.4. The Balaban J connectivity index is 2.28. The molecule has 1 rings (SSSR count). The van der Waals surface area contributed by atoms with Crippen LogP contribution >= 0.6 is 15.9 Å². The third kappa shape index (κ3) is 2.77. The molecule has 0 bridgehead atoms. The summed E-state index contributed by atoms with van der Waals surface area (Å²) in [6, 6.07) is 0. The maximum absolute atomic E-state index is 11.5. The van der Waals surface area contributed by atoms with Gasteiger partial charge in [0.1, 0.15) is 0 Å². The number of carbonyl (C=O) groups excluding carboxylic acids is 1. The van der Waals surface area contributed by atoms with Gasteiger partial charge in [-0.15, -0.1) is 0 Å². The molecule has 0 aliphatic heterocycles. The van der Waals surface area contributed by atoms with Crippen molar-refractivity contribution in [2.45, 2.75) is 31.0 Å². The molecule has 3 heteroatoms. The highest BCUT2D eigenvalue weighted by molar-refractivity contribution is 9.10. The normalized spacial score (nSPS) is 18.9. The van der Waals surface area contributed by atoms with Gasteiger partial charge in [0.25, 0.3) is 0 Å². The van der Waals surface area contributed by atoms with Crippen molar-refractivity contribution in [3.8, 4) is 0 Å². The predicted octanol–water partition coefficient (Wildman–Crippen LogP) is 2.03. The highest BCUT2D eigenvalue weighted by atomic mass is 79.9. The van der Waals surface area contributed by atoms with Gasteiger partial charge in [0.15, 0.2) is 0 Å². The molecule has 0 N–H and O–H groups in total. The number of hydrogen-bond acceptors (Lipinski definition) is 1. The second-order valence-electron chi connectivity index (χ2n) is 3.54. The van der Waals surface area contributed by atoms with Crippen LogP contribution in [0.1, 0.15) is 26.2 Å². The largest absolute Gasteiger partial charge is 0.345 e. The van der Waals surface area contributed by atoms with Crippen LogP contribution in [0.2, 0.25) is 0 Å². The van der Waals surface area contributed by atoms with Crippen LogP contribution in [0.25, 0.3) is 0 Å². The Morgan fingerprint density at radius 3 is 2.67 bits per heavy atom. The van der Waals surface area contributed by atoms with Gasteiger partial charge in [-0.25, -0.2) is 0 Å². The van der Waals surface area contributed by atoms with Gasteiger partial charge in [-0.1, -0.05) is 22.9 Å². The van der Waals surface area contributed by atoms with Crippen molar-refractivity contribution in [3.05, 3.63) is 0 Å². The van der Waals surface area contributed by atoms with E-state index in [1.165, 1.54) is 12.8 Å². The molecule has 1 amide bonds. The van der Waals surface area contributed by atoms with Crippen molar-refractivity contribution in [2.24, 2.45) is 5.92 Å². The SMILES string of the molecule is CCC(Br)C(=O)N(C)CC1CC1. The first-order chi connectivity index (χ1) is 5.65. The minimum absolute atomic E-state index is 0.0150. The molecule has 70 valence electrons. The summed E-state index contributed by atoms with van der Waals surface area (Å²) in [5.41, 5.74) is 0. The maximum Gasteiger partial charge on any atom is 0.236 e. The van der Waals surface area contributed by atoms with Crippen molar-refractivity contribution in [1.29, 1.82) is 0 Å². The second-order valence-corrected chi connectivity index (χ2v) is 4.64. The number of halogens is 1. The topological polar surface area (TPSA) is 20.3 Å². The Hall–Kier alpha value is -0.0500. The molecular formula is C9H16BrNO. The molecule has 0 aromatic rings. The average Bonchev–Trinajstić information content (AvgIpc) is 2.85. The monoisotopic (exact) mass is 233 g/mol. The Labute approximate surface area is 82.4 Å². The molecule has 1 aliphatic rings. The molecule has 1 saturated carbocycles. The summed E-state index contributed by atoms with van der Waals surface area (Å²) in [5, 5.41) is 0. The Morgan fingerprint density at radius 2 is 2.25 bits per heavy atom. The molecule has 0 aromatic carbocycles. The van der Waals surface area contributed by atoms with Crippen LogP contribution in [-0.2, 0) is 4.79 Å². The second kappa shape index (κ2) is 4.26. The first-order valence-electron chi connectivity index (χ1n) is 4.54. The van der Waals surface area contributed by atoms with Crippen LogP contribution in [0, 0.1) is 5.92 Å². The lowest BCUT2D eigenvalue weighted by Crippen LogP contribution is -2.34. The van der Waals surface area contributed by atoms with Gasteiger partial charge >= 0.3 is 0 Å². The highest BCUT2D eigenvalue weighted by Gasteiger charge is 2.26. The molecule has 0 radical (unpaired) electrons. The summed E-state index contributed by atoms with van der Waals surface area (Å²) < 4.78 is 0. The number of hydrogen-bond donors (Lipinski definition) is 0. The Morgan fingerprint density at radius 1 is 1.67 bits per heavy atom. The van der Waals surface area contributed by atoms with E-state index in [9.17, 15) is 4.79 Å². The van der Waals surface area contributed by atoms with E-state index in [0.29, 0.717) is 0 Å². The fourth-order valence-corrected chi connectivity index (χ4v) is 1.54. The summed E-state index contributed by atoms with van der Waals surface area (Å²) in [5.74, 6) is 1.01. The molecule has 1 unspecified atom stereocenters. The molecule has 0 heterocycles. The van der Waals surface area contributed by atoms with Gasteiger partial charge in [0.05, 0.1) is 4.83 Å². The van der Waals surface area contributed by atoms with Crippen LogP contribution in [0.5, 0.6) is 0 Å². The van der Waals surface area contributed by atoms with Crippen LogP contribution in [-0.4, -0.2) is 29.2 Å². The first-order valence-corrected chi connectivity index (χ1v) is 5.45. The van der Waals surface area contributed by atoms with E-state index in [1.54, 1.807) is 0 Å². The molecular weight excluding hydrogens is 218 g/mol. The van der Waals surface area contributed by atoms with Crippen molar-refractivity contribution in [1.82, 2.24) is 4.90 Å². The van der Waals surface area contributed by atoms with E-state index in [1.807, 2.05) is 18.9 Å². The van der Waals surface area contributed by atoms with Crippen LogP contribution in [0.3, 0.4) is 0 Å². The quantitative estimate of drug-likeness (QED) is 0.681. The van der Waals surface area contributed by atoms with Gasteiger partial charge in [-0.3, -0.25) is 4.79 Å². The third-order valence-corrected chi connectivity index (χ3v) is 3.27. The molecule has 0 aromatic heterocycles. The standard InChI is InChI=1S/C9H16BrNO/c1-3-8(10)9(12)11(2)6-7-4-5-7/h7-8H,3-6H2,1-2H3. The Bertz CT molecular complexity index is 168. The van der Waals surface area contributed by atoms with Gasteiger partial charge in [-0.05, 0) is 25.2 Å². The Kier molecular flexibility index (Phi) is 3.56. The summed E-state index contributed by atoms with van der Waals surface area (Å²) in [6.07, 6.45) is 3.47. The molecule has 1 aliphatic carbocycles. The lowest BCUT2D eigenvalue weighted by atomic mass is 10.3. The van der Waals surface area contributed by atoms with Crippen molar-refractivity contribution in [2.75, 3.05) is 13.6 Å². The maximum atomic E-state index is 11.5. The number of carbonyl (C=O) groups is 1. The zero-order chi connectivity index (χ0) is 9.14. The molecule has 0 spiro atoms. The highest BCUT2D eigenvalue weighted by Crippen LogP contribution is 2.29. The molecule has 0 saturated heterocycles. The third-order valence-electron chi connectivity index (χ3n) is 2.23. The fourth-order valence-electron chi connectivity index (χ4n) is 1.19. The molecule has 1 fully saturated rings. The van der Waals surface area contributed by atoms with Crippen LogP contribution in [0.4, 0.5) is 0 Å².